The molecule has 0 saturated carbocycles. The average molecular weight is 530 g/mol. The third kappa shape index (κ3) is 4.85. The number of benzene rings is 1. The van der Waals surface area contributed by atoms with E-state index in [9.17, 15) is 39.6 Å². The van der Waals surface area contributed by atoms with Crippen LogP contribution in [0, 0.1) is 5.92 Å². The molecule has 0 bridgehead atoms. The second kappa shape index (κ2) is 8.67. The molecule has 0 N–H and O–H groups in total. The van der Waals surface area contributed by atoms with Gasteiger partial charge >= 0.3 is 12.4 Å². The molecule has 1 atom stereocenters. The van der Waals surface area contributed by atoms with Gasteiger partial charge < -0.3 is 0 Å². The molecule has 0 spiro atoms. The van der Waals surface area contributed by atoms with Crippen molar-refractivity contribution in [1.82, 2.24) is 9.97 Å². The number of rotatable bonds is 4. The SMILES string of the molecule is CC(C)([C@@H]1CCN(c2ncc(C(F)(F)F)c(Cl)n2)C(=O)C1)S(=O)(=O)c1cccc(C(F)(F)F)c1. The summed E-state index contributed by atoms with van der Waals surface area (Å²) >= 11 is 5.59. The first-order chi connectivity index (χ1) is 15.5. The van der Waals surface area contributed by atoms with Crippen molar-refractivity contribution in [3.8, 4) is 0 Å². The summed E-state index contributed by atoms with van der Waals surface area (Å²) in [4.78, 5) is 20.3. The molecule has 6 nitrogen and oxygen atoms in total. The van der Waals surface area contributed by atoms with Crippen molar-refractivity contribution in [2.24, 2.45) is 5.92 Å². The fourth-order valence-corrected chi connectivity index (χ4v) is 5.69. The molecular formula is C20H18ClF6N3O3S. The van der Waals surface area contributed by atoms with Crippen LogP contribution >= 0.6 is 11.6 Å². The second-order valence-electron chi connectivity index (χ2n) is 8.24. The van der Waals surface area contributed by atoms with Crippen molar-refractivity contribution in [1.29, 1.82) is 0 Å². The van der Waals surface area contributed by atoms with Crippen LogP contribution in [0.1, 0.15) is 37.8 Å². The number of alkyl halides is 6. The van der Waals surface area contributed by atoms with Gasteiger partial charge in [0.05, 0.1) is 15.2 Å². The molecule has 3 rings (SSSR count). The molecule has 1 amide bonds. The number of halogens is 7. The van der Waals surface area contributed by atoms with Crippen LogP contribution < -0.4 is 4.90 Å². The Labute approximate surface area is 195 Å². The lowest BCUT2D eigenvalue weighted by Gasteiger charge is -2.39. The van der Waals surface area contributed by atoms with E-state index in [0.29, 0.717) is 12.3 Å². The second-order valence-corrected chi connectivity index (χ2v) is 11.1. The minimum Gasteiger partial charge on any atom is -0.281 e. The molecule has 1 aromatic heterocycles. The molecule has 1 saturated heterocycles. The number of amides is 1. The summed E-state index contributed by atoms with van der Waals surface area (Å²) in [6.07, 6.45) is -9.33. The lowest BCUT2D eigenvalue weighted by molar-refractivity contribution is -0.138. The third-order valence-electron chi connectivity index (χ3n) is 5.85. The van der Waals surface area contributed by atoms with Crippen molar-refractivity contribution in [2.45, 2.75) is 48.7 Å². The minimum atomic E-state index is -4.78. The maximum Gasteiger partial charge on any atom is 0.420 e. The Bertz CT molecular complexity index is 1210. The van der Waals surface area contributed by atoms with Gasteiger partial charge in [0, 0.05) is 19.2 Å². The topological polar surface area (TPSA) is 80.2 Å². The van der Waals surface area contributed by atoms with Crippen LogP contribution in [0.2, 0.25) is 5.15 Å². The van der Waals surface area contributed by atoms with Crippen molar-refractivity contribution in [2.75, 3.05) is 11.4 Å². The first-order valence-electron chi connectivity index (χ1n) is 9.78. The molecule has 0 radical (unpaired) electrons. The molecule has 34 heavy (non-hydrogen) atoms. The zero-order chi connectivity index (χ0) is 25.7. The molecule has 1 fully saturated rings. The molecule has 0 unspecified atom stereocenters. The molecule has 186 valence electrons. The quantitative estimate of drug-likeness (QED) is 0.403. The predicted octanol–water partition coefficient (Wildman–Crippen LogP) is 5.16. The molecule has 14 heteroatoms. The fraction of sp³-hybridized carbons (Fsp3) is 0.450. The van der Waals surface area contributed by atoms with E-state index < -0.39 is 59.9 Å². The van der Waals surface area contributed by atoms with Crippen molar-refractivity contribution in [3.63, 3.8) is 0 Å². The smallest absolute Gasteiger partial charge is 0.281 e. The van der Waals surface area contributed by atoms with Gasteiger partial charge in [0.15, 0.2) is 9.84 Å². The minimum absolute atomic E-state index is 0.0823. The highest BCUT2D eigenvalue weighted by atomic mass is 35.5. The molecule has 2 aromatic rings. The Hall–Kier alpha value is -2.41. The number of piperidine rings is 1. The normalized spacial score (nSPS) is 18.3. The monoisotopic (exact) mass is 529 g/mol. The molecule has 2 heterocycles. The summed E-state index contributed by atoms with van der Waals surface area (Å²) in [5, 5.41) is -0.889. The Kier molecular flexibility index (Phi) is 6.68. The lowest BCUT2D eigenvalue weighted by atomic mass is 9.85. The first-order valence-corrected chi connectivity index (χ1v) is 11.6. The van der Waals surface area contributed by atoms with Gasteiger partial charge in [0.2, 0.25) is 11.9 Å². The van der Waals surface area contributed by atoms with Gasteiger partial charge in [-0.25, -0.2) is 13.4 Å². The Balaban J connectivity index is 1.84. The number of nitrogens with zero attached hydrogens (tertiary/aromatic N) is 3. The first kappa shape index (κ1) is 26.2. The number of hydrogen-bond acceptors (Lipinski definition) is 5. The van der Waals surface area contributed by atoms with E-state index in [1.165, 1.54) is 13.8 Å². The third-order valence-corrected chi connectivity index (χ3v) is 8.73. The summed E-state index contributed by atoms with van der Waals surface area (Å²) in [5.41, 5.74) is -2.39. The van der Waals surface area contributed by atoms with Gasteiger partial charge in [-0.2, -0.15) is 31.3 Å². The van der Waals surface area contributed by atoms with E-state index in [1.54, 1.807) is 0 Å². The van der Waals surface area contributed by atoms with Gasteiger partial charge in [-0.05, 0) is 44.4 Å². The lowest BCUT2D eigenvalue weighted by Crippen LogP contribution is -2.49. The zero-order valence-corrected chi connectivity index (χ0v) is 19.3. The number of hydrogen-bond donors (Lipinski definition) is 0. The van der Waals surface area contributed by atoms with E-state index >= 15 is 0 Å². The van der Waals surface area contributed by atoms with E-state index in [1.807, 2.05) is 0 Å². The number of anilines is 1. The molecule has 1 aliphatic rings. The predicted molar refractivity (Wildman–Crippen MR) is 110 cm³/mol. The zero-order valence-electron chi connectivity index (χ0n) is 17.7. The summed E-state index contributed by atoms with van der Waals surface area (Å²) in [7, 11) is -4.30. The van der Waals surface area contributed by atoms with Crippen LogP contribution in [0.4, 0.5) is 32.3 Å². The summed E-state index contributed by atoms with van der Waals surface area (Å²) in [6, 6.07) is 3.35. The Morgan fingerprint density at radius 1 is 1.09 bits per heavy atom. The van der Waals surface area contributed by atoms with Crippen LogP contribution in [0.5, 0.6) is 0 Å². The largest absolute Gasteiger partial charge is 0.420 e. The standard InChI is InChI=1S/C20H18ClF6N3O3S/c1-18(2,34(32,33)13-5-3-4-12(8-13)19(22,23)24)11-6-7-30(15(31)9-11)17-28-10-14(16(21)29-17)20(25,26)27/h3-5,8,10-11H,6-7,9H2,1-2H3/t11-/m1/s1. The highest BCUT2D eigenvalue weighted by Gasteiger charge is 2.47. The molecular weight excluding hydrogens is 512 g/mol. The number of carbonyl (C=O) groups is 1. The maximum absolute atomic E-state index is 13.2. The van der Waals surface area contributed by atoms with E-state index in [2.05, 4.69) is 9.97 Å². The van der Waals surface area contributed by atoms with Crippen LogP contribution in [0.25, 0.3) is 0 Å². The van der Waals surface area contributed by atoms with Crippen molar-refractivity contribution >= 4 is 33.3 Å². The Morgan fingerprint density at radius 3 is 2.26 bits per heavy atom. The van der Waals surface area contributed by atoms with Crippen LogP contribution in [0.3, 0.4) is 0 Å². The maximum atomic E-state index is 13.2. The highest BCUT2D eigenvalue weighted by molar-refractivity contribution is 7.92. The van der Waals surface area contributed by atoms with E-state index in [-0.39, 0.29) is 25.3 Å². The highest BCUT2D eigenvalue weighted by Crippen LogP contribution is 2.41. The van der Waals surface area contributed by atoms with Gasteiger partial charge in [-0.3, -0.25) is 9.69 Å². The van der Waals surface area contributed by atoms with Gasteiger partial charge in [0.1, 0.15) is 10.7 Å². The van der Waals surface area contributed by atoms with Gasteiger partial charge in [-0.15, -0.1) is 0 Å². The number of carbonyl (C=O) groups excluding carboxylic acids is 1. The summed E-state index contributed by atoms with van der Waals surface area (Å²) < 4.78 is 103. The average Bonchev–Trinajstić information content (AvgIpc) is 2.72. The number of sulfone groups is 1. The summed E-state index contributed by atoms with van der Waals surface area (Å²) in [6.45, 7) is 2.52. The molecule has 1 aliphatic heterocycles. The van der Waals surface area contributed by atoms with Crippen LogP contribution in [-0.2, 0) is 27.0 Å². The van der Waals surface area contributed by atoms with Gasteiger partial charge in [-0.1, -0.05) is 17.7 Å². The fourth-order valence-electron chi connectivity index (χ4n) is 3.67. The van der Waals surface area contributed by atoms with Crippen molar-refractivity contribution in [3.05, 3.63) is 46.7 Å². The van der Waals surface area contributed by atoms with Crippen LogP contribution in [0.15, 0.2) is 35.4 Å². The van der Waals surface area contributed by atoms with E-state index in [0.717, 1.165) is 23.1 Å². The van der Waals surface area contributed by atoms with E-state index in [4.69, 9.17) is 11.6 Å². The molecule has 0 aliphatic carbocycles. The molecule has 1 aromatic carbocycles. The van der Waals surface area contributed by atoms with Crippen molar-refractivity contribution < 1.29 is 39.6 Å². The Morgan fingerprint density at radius 2 is 1.74 bits per heavy atom. The summed E-state index contributed by atoms with van der Waals surface area (Å²) in [5.74, 6) is -1.81. The van der Waals surface area contributed by atoms with Gasteiger partial charge in [0.25, 0.3) is 0 Å². The number of aromatic nitrogens is 2. The van der Waals surface area contributed by atoms with Crippen LogP contribution in [-0.4, -0.2) is 35.6 Å².